The van der Waals surface area contributed by atoms with Gasteiger partial charge in [0.2, 0.25) is 5.95 Å². The summed E-state index contributed by atoms with van der Waals surface area (Å²) in [7, 11) is -3.88. The maximum Gasteiger partial charge on any atom is 1.00 e. The molecule has 1 atom stereocenters. The fraction of sp³-hybridized carbons (Fsp3) is 0. The van der Waals surface area contributed by atoms with Crippen molar-refractivity contribution in [3.8, 4) is 0 Å². The molecule has 0 amide bonds. The van der Waals surface area contributed by atoms with Crippen molar-refractivity contribution >= 4 is 37.3 Å². The second-order valence-electron chi connectivity index (χ2n) is 2.57. The van der Waals surface area contributed by atoms with E-state index in [1.54, 1.807) is 0 Å². The third-order valence-electron chi connectivity index (χ3n) is 1.52. The fourth-order valence-electron chi connectivity index (χ4n) is 1.01. The van der Waals surface area contributed by atoms with E-state index in [2.05, 4.69) is 31.1 Å². The molecule has 0 aliphatic heterocycles. The van der Waals surface area contributed by atoms with E-state index in [9.17, 15) is 13.6 Å². The molecule has 0 radical (unpaired) electrons. The van der Waals surface area contributed by atoms with Gasteiger partial charge in [-0.1, -0.05) is 0 Å². The molecule has 0 bridgehead atoms. The van der Waals surface area contributed by atoms with Crippen LogP contribution in [0, 0.1) is 0 Å². The summed E-state index contributed by atoms with van der Waals surface area (Å²) in [4.78, 5) is 23.5. The van der Waals surface area contributed by atoms with Crippen molar-refractivity contribution in [3.63, 3.8) is 0 Å². The third-order valence-corrected chi connectivity index (χ3v) is 2.21. The van der Waals surface area contributed by atoms with Gasteiger partial charge in [-0.05, 0) is 11.2 Å². The van der Waals surface area contributed by atoms with E-state index in [-0.39, 0.29) is 46.7 Å². The summed E-state index contributed by atoms with van der Waals surface area (Å²) in [5, 5.41) is 0. The molecule has 11 heteroatoms. The number of rotatable bonds is 2. The Kier molecular flexibility index (Phi) is 4.04. The third kappa shape index (κ3) is 2.99. The van der Waals surface area contributed by atoms with E-state index in [1.165, 1.54) is 6.33 Å². The molecule has 1 unspecified atom stereocenters. The van der Waals surface area contributed by atoms with Crippen molar-refractivity contribution < 1.29 is 38.3 Å². The Morgan fingerprint density at radius 3 is 2.88 bits per heavy atom. The summed E-state index contributed by atoms with van der Waals surface area (Å²) in [6, 6.07) is 0. The van der Waals surface area contributed by atoms with Gasteiger partial charge in [0.1, 0.15) is 0 Å². The topological polar surface area (TPSA) is 127 Å². The molecule has 3 N–H and O–H groups in total. The Hall–Kier alpha value is -0.520. The number of nitrogens with one attached hydrogen (secondary N) is 3. The van der Waals surface area contributed by atoms with Gasteiger partial charge in [0.15, 0.2) is 11.2 Å². The van der Waals surface area contributed by atoms with Crippen molar-refractivity contribution in [2.45, 2.75) is 0 Å². The predicted molar refractivity (Wildman–Crippen MR) is 54.4 cm³/mol. The zero-order chi connectivity index (χ0) is 11.1. The first-order valence-electron chi connectivity index (χ1n) is 3.63. The molecular formula is C5H4N5NaO3S2. The standard InChI is InChI=1S/C5H5N5O3S2.Na/c11-4-2-3(7-1-6-2)8-5(9-4)10-15(12,13)14;/h1H,(H,12,13,14)(H3,6,7,8,9,10,11);/q;+1/p-1. The maximum absolute atomic E-state index is 11.3. The summed E-state index contributed by atoms with van der Waals surface area (Å²) in [6.45, 7) is 0. The summed E-state index contributed by atoms with van der Waals surface area (Å²) >= 11 is 4.08. The van der Waals surface area contributed by atoms with E-state index in [0.717, 1.165) is 0 Å². The Labute approximate surface area is 116 Å². The largest absolute Gasteiger partial charge is 1.00 e. The first kappa shape index (κ1) is 13.5. The van der Waals surface area contributed by atoms with Crippen molar-refractivity contribution in [1.29, 1.82) is 0 Å². The number of imidazole rings is 1. The molecule has 0 saturated carbocycles. The van der Waals surface area contributed by atoms with Crippen molar-refractivity contribution in [2.24, 2.45) is 0 Å². The van der Waals surface area contributed by atoms with Crippen LogP contribution in [-0.2, 0) is 20.1 Å². The first-order chi connectivity index (χ1) is 6.96. The second kappa shape index (κ2) is 4.77. The molecule has 2 heterocycles. The molecule has 80 valence electrons. The minimum absolute atomic E-state index is 0. The molecule has 2 rings (SSSR count). The van der Waals surface area contributed by atoms with Gasteiger partial charge in [0, 0.05) is 0 Å². The predicted octanol–water partition coefficient (Wildman–Crippen LogP) is -4.15. The summed E-state index contributed by atoms with van der Waals surface area (Å²) in [5.41, 5.74) is -0.249. The van der Waals surface area contributed by atoms with Gasteiger partial charge in [0.05, 0.1) is 15.3 Å². The van der Waals surface area contributed by atoms with Gasteiger partial charge in [-0.25, -0.2) is 9.19 Å². The van der Waals surface area contributed by atoms with Crippen molar-refractivity contribution in [1.82, 2.24) is 19.9 Å². The monoisotopic (exact) mass is 269 g/mol. The van der Waals surface area contributed by atoms with Crippen LogP contribution in [0.25, 0.3) is 11.2 Å². The van der Waals surface area contributed by atoms with Crippen LogP contribution in [0.4, 0.5) is 5.95 Å². The second-order valence-corrected chi connectivity index (χ2v) is 5.00. The molecule has 2 aromatic heterocycles. The van der Waals surface area contributed by atoms with Gasteiger partial charge in [-0.15, -0.1) is 0 Å². The molecule has 0 aliphatic carbocycles. The zero-order valence-electron chi connectivity index (χ0n) is 8.01. The van der Waals surface area contributed by atoms with Crippen molar-refractivity contribution in [3.05, 3.63) is 16.7 Å². The van der Waals surface area contributed by atoms with Crippen LogP contribution in [0.1, 0.15) is 0 Å². The summed E-state index contributed by atoms with van der Waals surface area (Å²) < 4.78 is 23.3. The van der Waals surface area contributed by atoms with Crippen LogP contribution >= 0.6 is 0 Å². The number of hydrogen-bond acceptors (Lipinski definition) is 6. The van der Waals surface area contributed by atoms with Gasteiger partial charge >= 0.3 is 29.6 Å². The SMILES string of the molecule is O=c1[nH]c(NS(=O)([O-])=S)nc2nc[nH]c12.[Na+]. The average molecular weight is 269 g/mol. The molecule has 2 aromatic rings. The van der Waals surface area contributed by atoms with Crippen LogP contribution in [0.5, 0.6) is 0 Å². The van der Waals surface area contributed by atoms with Crippen LogP contribution in [0.2, 0.25) is 0 Å². The van der Waals surface area contributed by atoms with Crippen LogP contribution < -0.4 is 39.8 Å². The van der Waals surface area contributed by atoms with E-state index in [0.29, 0.717) is 0 Å². The molecule has 0 spiro atoms. The van der Waals surface area contributed by atoms with E-state index in [4.69, 9.17) is 0 Å². The smallest absolute Gasteiger partial charge is 0.753 e. The number of fused-ring (bicyclic) bond motifs is 1. The number of hydrogen-bond donors (Lipinski definition) is 3. The van der Waals surface area contributed by atoms with Gasteiger partial charge in [-0.2, -0.15) is 4.98 Å². The van der Waals surface area contributed by atoms with E-state index >= 15 is 0 Å². The zero-order valence-corrected chi connectivity index (χ0v) is 11.6. The quantitative estimate of drug-likeness (QED) is 0.475. The Morgan fingerprint density at radius 1 is 1.56 bits per heavy atom. The number of nitrogens with zero attached hydrogens (tertiary/aromatic N) is 2. The van der Waals surface area contributed by atoms with Gasteiger partial charge < -0.3 is 9.54 Å². The molecule has 0 aliphatic rings. The normalized spacial score (nSPS) is 14.1. The number of H-pyrrole nitrogens is 2. The molecule has 0 aromatic carbocycles. The molecule has 16 heavy (non-hydrogen) atoms. The fourth-order valence-corrected chi connectivity index (χ4v) is 1.58. The van der Waals surface area contributed by atoms with E-state index < -0.39 is 14.5 Å². The Balaban J connectivity index is 0.00000128. The van der Waals surface area contributed by atoms with Crippen LogP contribution in [0.15, 0.2) is 11.1 Å². The Morgan fingerprint density at radius 2 is 2.25 bits per heavy atom. The van der Waals surface area contributed by atoms with Gasteiger partial charge in [-0.3, -0.25) is 14.5 Å². The maximum atomic E-state index is 11.3. The minimum Gasteiger partial charge on any atom is -0.753 e. The average Bonchev–Trinajstić information content (AvgIpc) is 2.48. The number of anilines is 1. The molecule has 0 fully saturated rings. The van der Waals surface area contributed by atoms with Gasteiger partial charge in [0.25, 0.3) is 5.56 Å². The van der Waals surface area contributed by atoms with Crippen LogP contribution in [-0.4, -0.2) is 28.7 Å². The summed E-state index contributed by atoms with van der Waals surface area (Å²) in [5.74, 6) is -0.255. The number of aromatic amines is 2. The van der Waals surface area contributed by atoms with Crippen molar-refractivity contribution in [2.75, 3.05) is 4.72 Å². The first-order valence-corrected chi connectivity index (χ1v) is 6.03. The number of aromatic nitrogens is 4. The Bertz CT molecular complexity index is 662. The molecule has 0 saturated heterocycles. The minimum atomic E-state index is -3.88. The molecule has 8 nitrogen and oxygen atoms in total. The summed E-state index contributed by atoms with van der Waals surface area (Å²) in [6.07, 6.45) is 1.28. The van der Waals surface area contributed by atoms with E-state index in [1.807, 2.05) is 4.72 Å². The molecular weight excluding hydrogens is 265 g/mol. The van der Waals surface area contributed by atoms with Crippen LogP contribution in [0.3, 0.4) is 0 Å².